The maximum atomic E-state index is 6.80. The van der Waals surface area contributed by atoms with Gasteiger partial charge < -0.3 is 4.42 Å². The summed E-state index contributed by atoms with van der Waals surface area (Å²) in [5.41, 5.74) is 8.86. The fraction of sp³-hybridized carbons (Fsp3) is 0. The van der Waals surface area contributed by atoms with Crippen molar-refractivity contribution in [2.24, 2.45) is 0 Å². The smallest absolute Gasteiger partial charge is 0.164 e. The number of fused-ring (bicyclic) bond motifs is 7. The molecule has 0 saturated heterocycles. The van der Waals surface area contributed by atoms with E-state index in [-0.39, 0.29) is 0 Å². The molecule has 4 nitrogen and oxygen atoms in total. The molecule has 0 saturated carbocycles. The molecule has 11 rings (SSSR count). The molecule has 256 valence electrons. The summed E-state index contributed by atoms with van der Waals surface area (Å²) in [7, 11) is 0. The van der Waals surface area contributed by atoms with Gasteiger partial charge in [0.1, 0.15) is 11.2 Å². The van der Waals surface area contributed by atoms with E-state index in [1.165, 1.54) is 16.5 Å². The molecule has 0 aliphatic carbocycles. The maximum absolute atomic E-state index is 6.80. The summed E-state index contributed by atoms with van der Waals surface area (Å²) in [4.78, 5) is 15.7. The second-order valence-electron chi connectivity index (χ2n) is 14.0. The SMILES string of the molecule is c1ccc(-c2ccc3cc(-c4nc(-c5ccc6ccccc6c5)nc(-c5ccc(-c6ccccc6)c6oc7ccc8ccccc8c7c56)n4)ccc3c2)cc1. The van der Waals surface area contributed by atoms with Gasteiger partial charge in [0.2, 0.25) is 0 Å². The molecule has 0 unspecified atom stereocenters. The number of hydrogen-bond acceptors (Lipinski definition) is 4. The molecule has 0 amide bonds. The molecule has 2 heterocycles. The van der Waals surface area contributed by atoms with Crippen molar-refractivity contribution in [2.75, 3.05) is 0 Å². The van der Waals surface area contributed by atoms with Gasteiger partial charge in [-0.3, -0.25) is 0 Å². The molecule has 0 fully saturated rings. The van der Waals surface area contributed by atoms with Crippen LogP contribution in [0.5, 0.6) is 0 Å². The Morgan fingerprint density at radius 3 is 1.55 bits per heavy atom. The van der Waals surface area contributed by atoms with Crippen LogP contribution >= 0.6 is 0 Å². The van der Waals surface area contributed by atoms with Crippen molar-refractivity contribution in [3.8, 4) is 56.4 Å². The van der Waals surface area contributed by atoms with Crippen LogP contribution in [0.1, 0.15) is 0 Å². The fourth-order valence-electron chi connectivity index (χ4n) is 7.95. The van der Waals surface area contributed by atoms with E-state index in [1.54, 1.807) is 0 Å². The van der Waals surface area contributed by atoms with Gasteiger partial charge in [-0.15, -0.1) is 0 Å². The van der Waals surface area contributed by atoms with Crippen molar-refractivity contribution >= 4 is 54.3 Å². The quantitative estimate of drug-likeness (QED) is 0.179. The number of nitrogens with zero attached hydrogens (tertiary/aromatic N) is 3. The molecule has 0 radical (unpaired) electrons. The molecule has 0 aliphatic rings. The largest absolute Gasteiger partial charge is 0.455 e. The fourth-order valence-corrected chi connectivity index (χ4v) is 7.95. The third-order valence-corrected chi connectivity index (χ3v) is 10.7. The van der Waals surface area contributed by atoms with Gasteiger partial charge in [0.25, 0.3) is 0 Å². The van der Waals surface area contributed by atoms with Gasteiger partial charge in [-0.2, -0.15) is 0 Å². The van der Waals surface area contributed by atoms with Gasteiger partial charge in [0.05, 0.1) is 0 Å². The highest BCUT2D eigenvalue weighted by Crippen LogP contribution is 2.44. The van der Waals surface area contributed by atoms with Gasteiger partial charge in [-0.05, 0) is 85.4 Å². The second kappa shape index (κ2) is 12.6. The molecule has 0 aliphatic heterocycles. The topological polar surface area (TPSA) is 51.8 Å². The van der Waals surface area contributed by atoms with E-state index in [0.717, 1.165) is 76.7 Å². The van der Waals surface area contributed by atoms with Crippen LogP contribution in [0.4, 0.5) is 0 Å². The number of furan rings is 1. The predicted molar refractivity (Wildman–Crippen MR) is 227 cm³/mol. The van der Waals surface area contributed by atoms with Crippen LogP contribution < -0.4 is 0 Å². The molecular weight excluding hydrogens is 671 g/mol. The van der Waals surface area contributed by atoms with E-state index in [1.807, 2.05) is 12.1 Å². The van der Waals surface area contributed by atoms with Crippen LogP contribution in [0.25, 0.3) is 111 Å². The van der Waals surface area contributed by atoms with E-state index in [9.17, 15) is 0 Å². The number of aromatic nitrogens is 3. The summed E-state index contributed by atoms with van der Waals surface area (Å²) in [6.07, 6.45) is 0. The van der Waals surface area contributed by atoms with E-state index in [2.05, 4.69) is 176 Å². The zero-order valence-corrected chi connectivity index (χ0v) is 29.6. The Bertz CT molecular complexity index is 3260. The van der Waals surface area contributed by atoms with Crippen LogP contribution in [0, 0.1) is 0 Å². The minimum atomic E-state index is 0.591. The highest BCUT2D eigenvalue weighted by Gasteiger charge is 2.22. The monoisotopic (exact) mass is 701 g/mol. The molecular formula is C51H31N3O. The summed E-state index contributed by atoms with van der Waals surface area (Å²) < 4.78 is 6.80. The zero-order chi connectivity index (χ0) is 36.3. The normalized spacial score (nSPS) is 11.6. The van der Waals surface area contributed by atoms with Crippen LogP contribution in [0.15, 0.2) is 192 Å². The molecule has 0 atom stereocenters. The number of rotatable bonds is 5. The van der Waals surface area contributed by atoms with Gasteiger partial charge in [-0.1, -0.05) is 152 Å². The number of hydrogen-bond donors (Lipinski definition) is 0. The lowest BCUT2D eigenvalue weighted by molar-refractivity contribution is 0.670. The first-order chi connectivity index (χ1) is 27.2. The van der Waals surface area contributed by atoms with Crippen LogP contribution in [-0.4, -0.2) is 15.0 Å². The maximum Gasteiger partial charge on any atom is 0.164 e. The van der Waals surface area contributed by atoms with Crippen molar-refractivity contribution in [3.05, 3.63) is 188 Å². The van der Waals surface area contributed by atoms with Gasteiger partial charge in [0.15, 0.2) is 17.5 Å². The molecule has 0 bridgehead atoms. The molecule has 9 aromatic carbocycles. The van der Waals surface area contributed by atoms with Crippen LogP contribution in [-0.2, 0) is 0 Å². The van der Waals surface area contributed by atoms with Crippen LogP contribution in [0.3, 0.4) is 0 Å². The van der Waals surface area contributed by atoms with Crippen molar-refractivity contribution in [3.63, 3.8) is 0 Å². The van der Waals surface area contributed by atoms with Gasteiger partial charge in [0, 0.05) is 33.0 Å². The summed E-state index contributed by atoms with van der Waals surface area (Å²) >= 11 is 0. The Kier molecular flexibility index (Phi) is 7.14. The standard InChI is InChI=1S/C51H31N3O/c1-3-11-32(12-4-1)37-20-21-39-31-41(24-22-38(39)29-37)50-52-49(40-23-19-33-13-7-8-17-36(33)30-40)53-51(54-50)44-27-26-43(34-14-5-2-6-15-34)48-47(44)46-42-18-10-9-16-35(42)25-28-45(46)55-48/h1-31H. The van der Waals surface area contributed by atoms with E-state index in [0.29, 0.717) is 17.5 Å². The van der Waals surface area contributed by atoms with Gasteiger partial charge >= 0.3 is 0 Å². The predicted octanol–water partition coefficient (Wildman–Crippen LogP) is 13.6. The number of benzene rings is 9. The Labute approximate surface area is 317 Å². The average Bonchev–Trinajstić information content (AvgIpc) is 3.66. The Morgan fingerprint density at radius 2 is 0.818 bits per heavy atom. The molecule has 11 aromatic rings. The average molecular weight is 702 g/mol. The summed E-state index contributed by atoms with van der Waals surface area (Å²) in [5.74, 6) is 1.82. The highest BCUT2D eigenvalue weighted by molar-refractivity contribution is 6.24. The third kappa shape index (κ3) is 5.34. The highest BCUT2D eigenvalue weighted by atomic mass is 16.3. The Morgan fingerprint density at radius 1 is 0.309 bits per heavy atom. The first kappa shape index (κ1) is 31.1. The molecule has 4 heteroatoms. The first-order valence-electron chi connectivity index (χ1n) is 18.5. The van der Waals surface area contributed by atoms with Crippen molar-refractivity contribution in [1.29, 1.82) is 0 Å². The van der Waals surface area contributed by atoms with Crippen molar-refractivity contribution in [2.45, 2.75) is 0 Å². The molecule has 0 spiro atoms. The van der Waals surface area contributed by atoms with E-state index in [4.69, 9.17) is 19.4 Å². The molecule has 55 heavy (non-hydrogen) atoms. The summed E-state index contributed by atoms with van der Waals surface area (Å²) in [6.45, 7) is 0. The van der Waals surface area contributed by atoms with Crippen molar-refractivity contribution < 1.29 is 4.42 Å². The van der Waals surface area contributed by atoms with Crippen LogP contribution in [0.2, 0.25) is 0 Å². The first-order valence-corrected chi connectivity index (χ1v) is 18.5. The third-order valence-electron chi connectivity index (χ3n) is 10.7. The second-order valence-corrected chi connectivity index (χ2v) is 14.0. The van der Waals surface area contributed by atoms with Crippen molar-refractivity contribution in [1.82, 2.24) is 15.0 Å². The lowest BCUT2D eigenvalue weighted by atomic mass is 9.96. The Hall–Kier alpha value is -7.43. The molecule has 0 N–H and O–H groups in total. The summed E-state index contributed by atoms with van der Waals surface area (Å²) in [6, 6.07) is 65.7. The molecule has 2 aromatic heterocycles. The zero-order valence-electron chi connectivity index (χ0n) is 29.6. The van der Waals surface area contributed by atoms with E-state index >= 15 is 0 Å². The summed E-state index contributed by atoms with van der Waals surface area (Å²) in [5, 5.41) is 8.88. The minimum absolute atomic E-state index is 0.591. The van der Waals surface area contributed by atoms with E-state index < -0.39 is 0 Å². The van der Waals surface area contributed by atoms with Gasteiger partial charge in [-0.25, -0.2) is 15.0 Å². The lowest BCUT2D eigenvalue weighted by Crippen LogP contribution is -2.01. The lowest BCUT2D eigenvalue weighted by Gasteiger charge is -2.12. The minimum Gasteiger partial charge on any atom is -0.455 e. The Balaban J connectivity index is 1.17.